The Labute approximate surface area is 88.3 Å². The Morgan fingerprint density at radius 1 is 0.786 bits per heavy atom. The van der Waals surface area contributed by atoms with E-state index in [0.29, 0.717) is 0 Å². The van der Waals surface area contributed by atoms with Crippen LogP contribution in [0.1, 0.15) is 40.5 Å². The standard InChI is InChI=1S/C12H24N2/c1-9(2)13-7-5-12-11(13)6-8-14(12)10(3)4/h9-12H,5-8H2,1-4H3. The van der Waals surface area contributed by atoms with E-state index < -0.39 is 0 Å². The van der Waals surface area contributed by atoms with Gasteiger partial charge in [0.05, 0.1) is 0 Å². The van der Waals surface area contributed by atoms with Gasteiger partial charge in [-0.2, -0.15) is 0 Å². The summed E-state index contributed by atoms with van der Waals surface area (Å²) in [7, 11) is 0. The SMILES string of the molecule is CC(C)N1CCC2C1CCN2C(C)C. The fourth-order valence-electron chi connectivity index (χ4n) is 3.34. The molecule has 2 unspecified atom stereocenters. The van der Waals surface area contributed by atoms with Crippen molar-refractivity contribution in [3.8, 4) is 0 Å². The normalized spacial score (nSPS) is 34.7. The molecule has 2 saturated heterocycles. The maximum absolute atomic E-state index is 2.70. The second-order valence-electron chi connectivity index (χ2n) is 5.38. The molecule has 2 atom stereocenters. The molecule has 2 rings (SSSR count). The molecule has 2 nitrogen and oxygen atoms in total. The van der Waals surface area contributed by atoms with Gasteiger partial charge in [0.2, 0.25) is 0 Å². The molecule has 0 spiro atoms. The number of nitrogens with zero attached hydrogens (tertiary/aromatic N) is 2. The maximum atomic E-state index is 2.70. The molecule has 0 saturated carbocycles. The van der Waals surface area contributed by atoms with Crippen LogP contribution in [0, 0.1) is 0 Å². The zero-order valence-corrected chi connectivity index (χ0v) is 10.0. The van der Waals surface area contributed by atoms with Gasteiger partial charge in [0, 0.05) is 37.3 Å². The summed E-state index contributed by atoms with van der Waals surface area (Å²) in [6.07, 6.45) is 2.78. The van der Waals surface area contributed by atoms with E-state index in [1.165, 1.54) is 25.9 Å². The summed E-state index contributed by atoms with van der Waals surface area (Å²) in [6, 6.07) is 3.18. The lowest BCUT2D eigenvalue weighted by Crippen LogP contribution is -2.41. The van der Waals surface area contributed by atoms with Gasteiger partial charge < -0.3 is 0 Å². The molecule has 2 heterocycles. The van der Waals surface area contributed by atoms with Gasteiger partial charge in [0.25, 0.3) is 0 Å². The molecule has 0 aromatic heterocycles. The van der Waals surface area contributed by atoms with E-state index in [2.05, 4.69) is 37.5 Å². The second-order valence-corrected chi connectivity index (χ2v) is 5.38. The van der Waals surface area contributed by atoms with Crippen molar-refractivity contribution in [2.24, 2.45) is 0 Å². The van der Waals surface area contributed by atoms with Gasteiger partial charge in [0.1, 0.15) is 0 Å². The van der Waals surface area contributed by atoms with Crippen molar-refractivity contribution < 1.29 is 0 Å². The summed E-state index contributed by atoms with van der Waals surface area (Å²) in [4.78, 5) is 5.40. The highest BCUT2D eigenvalue weighted by molar-refractivity contribution is 5.00. The van der Waals surface area contributed by atoms with Crippen molar-refractivity contribution >= 4 is 0 Å². The molecule has 0 aromatic rings. The van der Waals surface area contributed by atoms with Crippen LogP contribution < -0.4 is 0 Å². The van der Waals surface area contributed by atoms with Gasteiger partial charge in [-0.25, -0.2) is 0 Å². The molecule has 82 valence electrons. The Hall–Kier alpha value is -0.0800. The Balaban J connectivity index is 2.04. The summed E-state index contributed by atoms with van der Waals surface area (Å²) in [5.41, 5.74) is 0. The van der Waals surface area contributed by atoms with Crippen molar-refractivity contribution in [2.45, 2.75) is 64.7 Å². The molecule has 0 bridgehead atoms. The number of hydrogen-bond acceptors (Lipinski definition) is 2. The molecule has 2 aliphatic heterocycles. The highest BCUT2D eigenvalue weighted by atomic mass is 15.3. The van der Waals surface area contributed by atoms with E-state index in [0.717, 1.165) is 24.2 Å². The molecular weight excluding hydrogens is 172 g/mol. The largest absolute Gasteiger partial charge is 0.296 e. The summed E-state index contributed by atoms with van der Waals surface area (Å²) < 4.78 is 0. The molecule has 0 aliphatic carbocycles. The topological polar surface area (TPSA) is 6.48 Å². The molecule has 14 heavy (non-hydrogen) atoms. The number of fused-ring (bicyclic) bond motifs is 1. The van der Waals surface area contributed by atoms with Crippen LogP contribution >= 0.6 is 0 Å². The third kappa shape index (κ3) is 1.59. The smallest absolute Gasteiger partial charge is 0.0267 e. The average molecular weight is 196 g/mol. The van der Waals surface area contributed by atoms with Crippen LogP contribution in [0.4, 0.5) is 0 Å². The van der Waals surface area contributed by atoms with Crippen LogP contribution in [-0.4, -0.2) is 47.1 Å². The predicted molar refractivity (Wildman–Crippen MR) is 60.5 cm³/mol. The first-order chi connectivity index (χ1) is 6.61. The zero-order valence-electron chi connectivity index (χ0n) is 10.0. The molecule has 0 amide bonds. The lowest BCUT2D eigenvalue weighted by Gasteiger charge is -2.29. The fraction of sp³-hybridized carbons (Fsp3) is 1.00. The maximum Gasteiger partial charge on any atom is 0.0267 e. The minimum atomic E-state index is 0.733. The monoisotopic (exact) mass is 196 g/mol. The van der Waals surface area contributed by atoms with E-state index in [4.69, 9.17) is 0 Å². The van der Waals surface area contributed by atoms with Crippen LogP contribution in [-0.2, 0) is 0 Å². The minimum Gasteiger partial charge on any atom is -0.296 e. The molecular formula is C12H24N2. The molecule has 2 aliphatic rings. The first-order valence-electron chi connectivity index (χ1n) is 6.12. The Morgan fingerprint density at radius 2 is 1.14 bits per heavy atom. The number of rotatable bonds is 2. The molecule has 0 radical (unpaired) electrons. The zero-order chi connectivity index (χ0) is 10.3. The minimum absolute atomic E-state index is 0.733. The van der Waals surface area contributed by atoms with E-state index in [1.54, 1.807) is 0 Å². The fourth-order valence-corrected chi connectivity index (χ4v) is 3.34. The second kappa shape index (κ2) is 3.82. The molecule has 0 N–H and O–H groups in total. The van der Waals surface area contributed by atoms with Crippen LogP contribution in [0.25, 0.3) is 0 Å². The first-order valence-corrected chi connectivity index (χ1v) is 6.12. The summed E-state index contributed by atoms with van der Waals surface area (Å²) >= 11 is 0. The third-order valence-electron chi connectivity index (χ3n) is 3.99. The lowest BCUT2D eigenvalue weighted by atomic mass is 10.1. The van der Waals surface area contributed by atoms with Crippen LogP contribution in [0.15, 0.2) is 0 Å². The van der Waals surface area contributed by atoms with Crippen molar-refractivity contribution in [3.05, 3.63) is 0 Å². The van der Waals surface area contributed by atoms with E-state index in [1.807, 2.05) is 0 Å². The van der Waals surface area contributed by atoms with Crippen molar-refractivity contribution in [2.75, 3.05) is 13.1 Å². The van der Waals surface area contributed by atoms with Crippen molar-refractivity contribution in [1.29, 1.82) is 0 Å². The Morgan fingerprint density at radius 3 is 1.43 bits per heavy atom. The van der Waals surface area contributed by atoms with Crippen LogP contribution in [0.2, 0.25) is 0 Å². The van der Waals surface area contributed by atoms with Gasteiger partial charge in [-0.05, 0) is 40.5 Å². The van der Waals surface area contributed by atoms with Crippen LogP contribution in [0.5, 0.6) is 0 Å². The molecule has 2 heteroatoms. The highest BCUT2D eigenvalue weighted by Gasteiger charge is 2.43. The number of likely N-dealkylation sites (tertiary alicyclic amines) is 2. The average Bonchev–Trinajstić information content (AvgIpc) is 2.59. The summed E-state index contributed by atoms with van der Waals surface area (Å²) in [5.74, 6) is 0. The third-order valence-corrected chi connectivity index (χ3v) is 3.99. The Bertz CT molecular complexity index is 178. The van der Waals surface area contributed by atoms with Gasteiger partial charge in [-0.3, -0.25) is 9.80 Å². The summed E-state index contributed by atoms with van der Waals surface area (Å²) in [6.45, 7) is 12.0. The van der Waals surface area contributed by atoms with E-state index >= 15 is 0 Å². The van der Waals surface area contributed by atoms with Crippen molar-refractivity contribution in [3.63, 3.8) is 0 Å². The predicted octanol–water partition coefficient (Wildman–Crippen LogP) is 1.95. The molecule has 2 fully saturated rings. The molecule has 0 aromatic carbocycles. The van der Waals surface area contributed by atoms with Crippen molar-refractivity contribution in [1.82, 2.24) is 9.80 Å². The van der Waals surface area contributed by atoms with E-state index in [9.17, 15) is 0 Å². The van der Waals surface area contributed by atoms with Gasteiger partial charge in [-0.15, -0.1) is 0 Å². The highest BCUT2D eigenvalue weighted by Crippen LogP contribution is 2.33. The quantitative estimate of drug-likeness (QED) is 0.666. The van der Waals surface area contributed by atoms with E-state index in [-0.39, 0.29) is 0 Å². The number of hydrogen-bond donors (Lipinski definition) is 0. The van der Waals surface area contributed by atoms with Crippen LogP contribution in [0.3, 0.4) is 0 Å². The Kier molecular flexibility index (Phi) is 2.85. The van der Waals surface area contributed by atoms with Gasteiger partial charge >= 0.3 is 0 Å². The lowest BCUT2D eigenvalue weighted by molar-refractivity contribution is 0.173. The first kappa shape index (κ1) is 10.4. The van der Waals surface area contributed by atoms with Gasteiger partial charge in [-0.1, -0.05) is 0 Å². The summed E-state index contributed by atoms with van der Waals surface area (Å²) in [5, 5.41) is 0. The van der Waals surface area contributed by atoms with Gasteiger partial charge in [0.15, 0.2) is 0 Å².